The van der Waals surface area contributed by atoms with Crippen LogP contribution in [0.5, 0.6) is 5.75 Å². The molecule has 0 unspecified atom stereocenters. The highest BCUT2D eigenvalue weighted by Crippen LogP contribution is 2.35. The molecule has 3 aromatic carbocycles. The van der Waals surface area contributed by atoms with E-state index in [2.05, 4.69) is 15.6 Å². The van der Waals surface area contributed by atoms with E-state index in [1.54, 1.807) is 30.3 Å². The minimum atomic E-state index is -0.460. The molecule has 3 N–H and O–H groups in total. The Balaban J connectivity index is 1.70. The summed E-state index contributed by atoms with van der Waals surface area (Å²) < 4.78 is 18.6. The fraction of sp³-hybridized carbons (Fsp3) is 0.0455. The summed E-state index contributed by atoms with van der Waals surface area (Å²) in [5, 5.41) is 6.96. The summed E-state index contributed by atoms with van der Waals surface area (Å²) in [7, 11) is 1.51. The average Bonchev–Trinajstić information content (AvgIpc) is 3.07. The Kier molecular flexibility index (Phi) is 5.10. The number of halogens is 2. The van der Waals surface area contributed by atoms with Gasteiger partial charge in [-0.3, -0.25) is 0 Å². The van der Waals surface area contributed by atoms with Crippen molar-refractivity contribution in [3.63, 3.8) is 0 Å². The molecule has 1 aromatic heterocycles. The molecule has 0 fully saturated rings. The number of aromatic amines is 1. The largest absolute Gasteiger partial charge is 0.495 e. The van der Waals surface area contributed by atoms with E-state index >= 15 is 0 Å². The molecule has 2 amide bonds. The number of rotatable bonds is 4. The Labute approximate surface area is 171 Å². The zero-order chi connectivity index (χ0) is 20.4. The van der Waals surface area contributed by atoms with E-state index < -0.39 is 6.03 Å². The number of para-hydroxylation sites is 1. The molecule has 0 radical (unpaired) electrons. The van der Waals surface area contributed by atoms with Gasteiger partial charge in [0.05, 0.1) is 24.2 Å². The number of carbonyl (C=O) groups excluding carboxylic acids is 1. The molecular formula is C22H17ClFN3O2. The molecule has 4 aromatic rings. The Morgan fingerprint density at radius 3 is 2.55 bits per heavy atom. The zero-order valence-corrected chi connectivity index (χ0v) is 16.2. The number of fused-ring (bicyclic) bond motifs is 1. The van der Waals surface area contributed by atoms with Gasteiger partial charge in [0.15, 0.2) is 0 Å². The van der Waals surface area contributed by atoms with Crippen LogP contribution in [-0.2, 0) is 0 Å². The summed E-state index contributed by atoms with van der Waals surface area (Å²) in [6, 6.07) is 18.1. The second kappa shape index (κ2) is 7.85. The zero-order valence-electron chi connectivity index (χ0n) is 15.4. The number of nitrogens with one attached hydrogen (secondary N) is 3. The molecule has 0 aliphatic heterocycles. The van der Waals surface area contributed by atoms with Crippen molar-refractivity contribution in [2.75, 3.05) is 17.7 Å². The monoisotopic (exact) mass is 409 g/mol. The first kappa shape index (κ1) is 18.8. The number of ether oxygens (including phenoxy) is 1. The van der Waals surface area contributed by atoms with Crippen LogP contribution < -0.4 is 15.4 Å². The van der Waals surface area contributed by atoms with Crippen LogP contribution in [0, 0.1) is 5.82 Å². The lowest BCUT2D eigenvalue weighted by Crippen LogP contribution is -2.20. The highest BCUT2D eigenvalue weighted by atomic mass is 35.5. The molecule has 0 spiro atoms. The lowest BCUT2D eigenvalue weighted by molar-refractivity contribution is 0.262. The van der Waals surface area contributed by atoms with Crippen LogP contribution in [-0.4, -0.2) is 18.1 Å². The number of methoxy groups -OCH3 is 1. The van der Waals surface area contributed by atoms with E-state index in [0.717, 1.165) is 16.5 Å². The fourth-order valence-corrected chi connectivity index (χ4v) is 3.32. The Morgan fingerprint density at radius 1 is 1.03 bits per heavy atom. The van der Waals surface area contributed by atoms with E-state index in [-0.39, 0.29) is 5.82 Å². The van der Waals surface area contributed by atoms with Crippen LogP contribution in [0.3, 0.4) is 0 Å². The number of carbonyl (C=O) groups is 1. The van der Waals surface area contributed by atoms with Gasteiger partial charge in [-0.1, -0.05) is 29.8 Å². The van der Waals surface area contributed by atoms with Gasteiger partial charge in [0.25, 0.3) is 0 Å². The summed E-state index contributed by atoms with van der Waals surface area (Å²) in [4.78, 5) is 16.0. The highest BCUT2D eigenvalue weighted by Gasteiger charge is 2.16. The minimum Gasteiger partial charge on any atom is -0.495 e. The maximum Gasteiger partial charge on any atom is 0.323 e. The van der Waals surface area contributed by atoms with E-state index in [4.69, 9.17) is 16.3 Å². The highest BCUT2D eigenvalue weighted by molar-refractivity contribution is 6.31. The van der Waals surface area contributed by atoms with Crippen LogP contribution in [0.1, 0.15) is 0 Å². The third-order valence-electron chi connectivity index (χ3n) is 4.49. The van der Waals surface area contributed by atoms with Crippen molar-refractivity contribution in [2.45, 2.75) is 0 Å². The summed E-state index contributed by atoms with van der Waals surface area (Å²) in [6.07, 6.45) is 0. The predicted octanol–water partition coefficient (Wildman–Crippen LogP) is 6.28. The number of hydrogen-bond donors (Lipinski definition) is 3. The van der Waals surface area contributed by atoms with Gasteiger partial charge in [-0.25, -0.2) is 9.18 Å². The summed E-state index contributed by atoms with van der Waals surface area (Å²) in [5.41, 5.74) is 3.31. The number of urea groups is 1. The van der Waals surface area contributed by atoms with Crippen molar-refractivity contribution >= 4 is 39.9 Å². The second-order valence-electron chi connectivity index (χ2n) is 6.35. The Hall–Kier alpha value is -3.51. The molecule has 0 bridgehead atoms. The summed E-state index contributed by atoms with van der Waals surface area (Å²) in [5.74, 6) is 0.160. The topological polar surface area (TPSA) is 66.2 Å². The first-order valence-electron chi connectivity index (χ1n) is 8.83. The maximum atomic E-state index is 13.4. The van der Waals surface area contributed by atoms with Crippen molar-refractivity contribution in [2.24, 2.45) is 0 Å². The van der Waals surface area contributed by atoms with E-state index in [9.17, 15) is 9.18 Å². The molecule has 5 nitrogen and oxygen atoms in total. The van der Waals surface area contributed by atoms with Crippen LogP contribution in [0.25, 0.3) is 22.2 Å². The number of hydrogen-bond acceptors (Lipinski definition) is 2. The van der Waals surface area contributed by atoms with Crippen molar-refractivity contribution in [1.82, 2.24) is 4.98 Å². The predicted molar refractivity (Wildman–Crippen MR) is 114 cm³/mol. The van der Waals surface area contributed by atoms with Crippen molar-refractivity contribution in [1.29, 1.82) is 0 Å². The van der Waals surface area contributed by atoms with Crippen LogP contribution in [0.4, 0.5) is 20.6 Å². The SMILES string of the molecule is COc1ccc(Cl)cc1NC(=O)Nc1c(-c2ccc(F)cc2)[nH]c2ccccc12. The van der Waals surface area contributed by atoms with Crippen LogP contribution in [0.15, 0.2) is 66.7 Å². The van der Waals surface area contributed by atoms with Crippen molar-refractivity contribution < 1.29 is 13.9 Å². The molecule has 0 saturated carbocycles. The first-order valence-corrected chi connectivity index (χ1v) is 9.21. The van der Waals surface area contributed by atoms with Gasteiger partial charge in [-0.05, 0) is 48.5 Å². The molecule has 0 saturated heterocycles. The van der Waals surface area contributed by atoms with E-state index in [1.165, 1.54) is 19.2 Å². The fourth-order valence-electron chi connectivity index (χ4n) is 3.15. The number of benzene rings is 3. The Bertz CT molecular complexity index is 1190. The van der Waals surface area contributed by atoms with E-state index in [1.807, 2.05) is 24.3 Å². The quantitative estimate of drug-likeness (QED) is 0.371. The number of aromatic nitrogens is 1. The molecule has 7 heteroatoms. The lowest BCUT2D eigenvalue weighted by Gasteiger charge is -2.12. The number of amides is 2. The van der Waals surface area contributed by atoms with Gasteiger partial charge in [0.2, 0.25) is 0 Å². The number of H-pyrrole nitrogens is 1. The molecule has 0 aliphatic carbocycles. The lowest BCUT2D eigenvalue weighted by atomic mass is 10.1. The van der Waals surface area contributed by atoms with Crippen LogP contribution >= 0.6 is 11.6 Å². The first-order chi connectivity index (χ1) is 14.0. The number of anilines is 2. The third kappa shape index (κ3) is 3.88. The average molecular weight is 410 g/mol. The molecule has 4 rings (SSSR count). The van der Waals surface area contributed by atoms with Crippen molar-refractivity contribution in [3.05, 3.63) is 77.6 Å². The standard InChI is InChI=1S/C22H17ClFN3O2/c1-29-19-11-8-14(23)12-18(19)26-22(28)27-21-16-4-2-3-5-17(16)25-20(21)13-6-9-15(24)10-7-13/h2-12,25H,1H3,(H2,26,27,28). The van der Waals surface area contributed by atoms with Crippen molar-refractivity contribution in [3.8, 4) is 17.0 Å². The van der Waals surface area contributed by atoms with Gasteiger partial charge in [0.1, 0.15) is 11.6 Å². The van der Waals surface area contributed by atoms with Gasteiger partial charge >= 0.3 is 6.03 Å². The molecule has 29 heavy (non-hydrogen) atoms. The summed E-state index contributed by atoms with van der Waals surface area (Å²) in [6.45, 7) is 0. The Morgan fingerprint density at radius 2 is 1.79 bits per heavy atom. The van der Waals surface area contributed by atoms with Gasteiger partial charge in [0, 0.05) is 21.5 Å². The molecule has 0 atom stereocenters. The van der Waals surface area contributed by atoms with Gasteiger partial charge in [-0.15, -0.1) is 0 Å². The van der Waals surface area contributed by atoms with Crippen LogP contribution in [0.2, 0.25) is 5.02 Å². The smallest absolute Gasteiger partial charge is 0.323 e. The molecular weight excluding hydrogens is 393 g/mol. The molecule has 1 heterocycles. The third-order valence-corrected chi connectivity index (χ3v) is 4.72. The second-order valence-corrected chi connectivity index (χ2v) is 6.79. The normalized spacial score (nSPS) is 10.7. The summed E-state index contributed by atoms with van der Waals surface area (Å²) >= 11 is 6.03. The minimum absolute atomic E-state index is 0.329. The molecule has 0 aliphatic rings. The van der Waals surface area contributed by atoms with Gasteiger partial charge < -0.3 is 20.4 Å². The molecule has 146 valence electrons. The van der Waals surface area contributed by atoms with Gasteiger partial charge in [-0.2, -0.15) is 0 Å². The maximum absolute atomic E-state index is 13.4. The van der Waals surface area contributed by atoms with E-state index in [0.29, 0.717) is 27.8 Å².